The summed E-state index contributed by atoms with van der Waals surface area (Å²) in [6, 6.07) is 1.61. The number of unbranched alkanes of at least 4 members (excludes halogenated alkanes) is 1. The predicted octanol–water partition coefficient (Wildman–Crippen LogP) is 2.19. The fraction of sp³-hybridized carbons (Fsp3) is 0.611. The van der Waals surface area contributed by atoms with Gasteiger partial charge in [-0.25, -0.2) is 0 Å². The van der Waals surface area contributed by atoms with Crippen LogP contribution >= 0.6 is 0 Å². The third kappa shape index (κ3) is 3.54. The first kappa shape index (κ1) is 16.0. The van der Waals surface area contributed by atoms with Crippen LogP contribution in [0.4, 0.5) is 0 Å². The molecule has 0 unspecified atom stereocenters. The number of amides is 2. The van der Waals surface area contributed by atoms with E-state index in [0.29, 0.717) is 5.69 Å². The van der Waals surface area contributed by atoms with Crippen molar-refractivity contribution in [2.75, 3.05) is 0 Å². The minimum atomic E-state index is -0.545. The number of carbonyl (C=O) groups excluding carboxylic acids is 2. The number of carbonyl (C=O) groups is 2. The molecule has 0 saturated heterocycles. The summed E-state index contributed by atoms with van der Waals surface area (Å²) in [5.74, 6) is 0.00843. The lowest BCUT2D eigenvalue weighted by Gasteiger charge is -2.23. The summed E-state index contributed by atoms with van der Waals surface area (Å²) >= 11 is 0. The maximum absolute atomic E-state index is 12.4. The van der Waals surface area contributed by atoms with Gasteiger partial charge in [-0.1, -0.05) is 32.6 Å². The van der Waals surface area contributed by atoms with Crippen LogP contribution in [0.3, 0.4) is 0 Å². The summed E-state index contributed by atoms with van der Waals surface area (Å²) < 4.78 is 2.06. The van der Waals surface area contributed by atoms with Crippen LogP contribution in [-0.4, -0.2) is 16.4 Å². The van der Waals surface area contributed by atoms with Crippen LogP contribution in [0.1, 0.15) is 67.2 Å². The molecule has 1 aliphatic heterocycles. The van der Waals surface area contributed by atoms with E-state index in [-0.39, 0.29) is 23.3 Å². The fourth-order valence-electron chi connectivity index (χ4n) is 3.34. The maximum atomic E-state index is 12.4. The van der Waals surface area contributed by atoms with Crippen LogP contribution in [0.15, 0.2) is 10.9 Å². The summed E-state index contributed by atoms with van der Waals surface area (Å²) in [5.41, 5.74) is 1.50. The Morgan fingerprint density at radius 3 is 2.70 bits per heavy atom. The molecule has 0 bridgehead atoms. The molecule has 0 atom stereocenters. The molecule has 1 aliphatic carbocycles. The number of nitrogens with one attached hydrogen (secondary N) is 1. The topological polar surface area (TPSA) is 68.2 Å². The van der Waals surface area contributed by atoms with Gasteiger partial charge in [-0.05, 0) is 25.2 Å². The quantitative estimate of drug-likeness (QED) is 0.784. The second-order valence-corrected chi connectivity index (χ2v) is 6.72. The van der Waals surface area contributed by atoms with E-state index in [1.54, 1.807) is 6.07 Å². The van der Waals surface area contributed by atoms with Crippen LogP contribution in [0.25, 0.3) is 0 Å². The highest BCUT2D eigenvalue weighted by Crippen LogP contribution is 2.33. The van der Waals surface area contributed by atoms with Gasteiger partial charge in [0, 0.05) is 24.0 Å². The Balaban J connectivity index is 1.94. The van der Waals surface area contributed by atoms with Gasteiger partial charge in [0.05, 0.1) is 6.42 Å². The average Bonchev–Trinajstić information content (AvgIpc) is 3.30. The first-order valence-electron chi connectivity index (χ1n) is 8.70. The van der Waals surface area contributed by atoms with Gasteiger partial charge in [0.15, 0.2) is 5.43 Å². The number of pyridine rings is 1. The molecule has 1 saturated carbocycles. The third-order valence-electron chi connectivity index (χ3n) is 4.79. The number of hydrogen-bond donors (Lipinski definition) is 1. The highest BCUT2D eigenvalue weighted by Gasteiger charge is 2.28. The molecule has 1 fully saturated rings. The number of aromatic nitrogens is 1. The Kier molecular flexibility index (Phi) is 4.64. The molecule has 2 heterocycles. The van der Waals surface area contributed by atoms with Crippen molar-refractivity contribution in [2.24, 2.45) is 5.92 Å². The lowest BCUT2D eigenvalue weighted by atomic mass is 10.0. The highest BCUT2D eigenvalue weighted by molar-refractivity contribution is 6.09. The van der Waals surface area contributed by atoms with Gasteiger partial charge in [0.2, 0.25) is 5.91 Å². The van der Waals surface area contributed by atoms with Crippen LogP contribution < -0.4 is 10.7 Å². The molecule has 3 rings (SSSR count). The summed E-state index contributed by atoms with van der Waals surface area (Å²) in [4.78, 5) is 36.1. The third-order valence-corrected chi connectivity index (χ3v) is 4.79. The Morgan fingerprint density at radius 2 is 2.00 bits per heavy atom. The van der Waals surface area contributed by atoms with Crippen molar-refractivity contribution in [2.45, 2.75) is 64.8 Å². The van der Waals surface area contributed by atoms with Crippen LogP contribution in [0.2, 0.25) is 0 Å². The van der Waals surface area contributed by atoms with Gasteiger partial charge < -0.3 is 4.57 Å². The van der Waals surface area contributed by atoms with Gasteiger partial charge in [-0.3, -0.25) is 19.7 Å². The largest absolute Gasteiger partial charge is 0.347 e. The summed E-state index contributed by atoms with van der Waals surface area (Å²) in [7, 11) is 0. The van der Waals surface area contributed by atoms with E-state index >= 15 is 0 Å². The number of fused-ring (bicyclic) bond motifs is 1. The number of nitrogens with zero attached hydrogens (tertiary/aromatic N) is 1. The van der Waals surface area contributed by atoms with Crippen molar-refractivity contribution >= 4 is 11.8 Å². The molecule has 1 N–H and O–H groups in total. The molecule has 2 amide bonds. The Morgan fingerprint density at radius 1 is 1.22 bits per heavy atom. The zero-order chi connectivity index (χ0) is 16.4. The van der Waals surface area contributed by atoms with Gasteiger partial charge in [0.1, 0.15) is 5.56 Å². The fourth-order valence-corrected chi connectivity index (χ4v) is 3.34. The van der Waals surface area contributed by atoms with E-state index in [0.717, 1.165) is 43.8 Å². The first-order valence-corrected chi connectivity index (χ1v) is 8.70. The molecule has 5 heteroatoms. The second-order valence-electron chi connectivity index (χ2n) is 6.72. The summed E-state index contributed by atoms with van der Waals surface area (Å²) in [6.45, 7) is 2.87. The molecule has 0 aromatic carbocycles. The van der Waals surface area contributed by atoms with Crippen molar-refractivity contribution in [3.05, 3.63) is 33.2 Å². The van der Waals surface area contributed by atoms with Crippen molar-refractivity contribution in [3.8, 4) is 0 Å². The van der Waals surface area contributed by atoms with Gasteiger partial charge in [-0.15, -0.1) is 0 Å². The van der Waals surface area contributed by atoms with E-state index in [4.69, 9.17) is 0 Å². The molecule has 0 spiro atoms. The van der Waals surface area contributed by atoms with E-state index in [2.05, 4.69) is 16.8 Å². The second kappa shape index (κ2) is 6.69. The van der Waals surface area contributed by atoms with E-state index < -0.39 is 5.91 Å². The van der Waals surface area contributed by atoms with Crippen molar-refractivity contribution < 1.29 is 9.59 Å². The van der Waals surface area contributed by atoms with Crippen LogP contribution in [0, 0.1) is 5.92 Å². The number of imide groups is 1. The maximum Gasteiger partial charge on any atom is 0.263 e. The Bertz CT molecular complexity index is 686. The van der Waals surface area contributed by atoms with E-state index in [1.807, 2.05) is 0 Å². The van der Waals surface area contributed by atoms with Crippen molar-refractivity contribution in [3.63, 3.8) is 0 Å². The lowest BCUT2D eigenvalue weighted by Crippen LogP contribution is -2.43. The molecule has 0 radical (unpaired) electrons. The molecule has 23 heavy (non-hydrogen) atoms. The Labute approximate surface area is 136 Å². The summed E-state index contributed by atoms with van der Waals surface area (Å²) in [5, 5.41) is 2.25. The van der Waals surface area contributed by atoms with Crippen molar-refractivity contribution in [1.82, 2.24) is 9.88 Å². The molecule has 1 aromatic heterocycles. The first-order chi connectivity index (χ1) is 11.1. The highest BCUT2D eigenvalue weighted by atomic mass is 16.2. The molecular formula is C18H24N2O3. The average molecular weight is 316 g/mol. The number of rotatable bonds is 7. The molecule has 1 aromatic rings. The Hall–Kier alpha value is -1.91. The molecular weight excluding hydrogens is 292 g/mol. The molecule has 5 nitrogen and oxygen atoms in total. The number of aryl methyl sites for hydroxylation is 1. The predicted molar refractivity (Wildman–Crippen MR) is 87.4 cm³/mol. The smallest absolute Gasteiger partial charge is 0.263 e. The monoisotopic (exact) mass is 316 g/mol. The van der Waals surface area contributed by atoms with Gasteiger partial charge in [-0.2, -0.15) is 0 Å². The standard InChI is InChI=1S/C18H24N2O3/c1-2-3-9-20-13(6-4-5-12-7-8-12)10-15(21)17-14(20)11-16(22)19-18(17)23/h10,12H,2-9,11H2,1H3,(H,19,22,23). The lowest BCUT2D eigenvalue weighted by molar-refractivity contribution is -0.119. The molecule has 2 aliphatic rings. The SMILES string of the molecule is CCCCn1c(CCCC2CC2)cc(=O)c2c1CC(=O)NC2=O. The van der Waals surface area contributed by atoms with Crippen LogP contribution in [-0.2, 0) is 24.2 Å². The molecule has 124 valence electrons. The van der Waals surface area contributed by atoms with E-state index in [9.17, 15) is 14.4 Å². The normalized spacial score (nSPS) is 17.1. The summed E-state index contributed by atoms with van der Waals surface area (Å²) in [6.07, 6.45) is 7.91. The minimum Gasteiger partial charge on any atom is -0.347 e. The van der Waals surface area contributed by atoms with Crippen molar-refractivity contribution in [1.29, 1.82) is 0 Å². The van der Waals surface area contributed by atoms with Crippen LogP contribution in [0.5, 0.6) is 0 Å². The van der Waals surface area contributed by atoms with Gasteiger partial charge in [0.25, 0.3) is 5.91 Å². The zero-order valence-corrected chi connectivity index (χ0v) is 13.7. The zero-order valence-electron chi connectivity index (χ0n) is 13.7. The van der Waals surface area contributed by atoms with Gasteiger partial charge >= 0.3 is 0 Å². The minimum absolute atomic E-state index is 0.122. The van der Waals surface area contributed by atoms with E-state index in [1.165, 1.54) is 19.3 Å². The number of hydrogen-bond acceptors (Lipinski definition) is 3.